The summed E-state index contributed by atoms with van der Waals surface area (Å²) in [5.41, 5.74) is 3.12. The van der Waals surface area contributed by atoms with E-state index in [4.69, 9.17) is 8.94 Å². The van der Waals surface area contributed by atoms with Crippen molar-refractivity contribution in [2.75, 3.05) is 0 Å². The Morgan fingerprint density at radius 2 is 1.92 bits per heavy atom. The molecule has 26 heavy (non-hydrogen) atoms. The molecule has 0 saturated heterocycles. The molecule has 0 unspecified atom stereocenters. The molecule has 0 spiro atoms. The third-order valence-electron chi connectivity index (χ3n) is 4.50. The Balaban J connectivity index is 1.54. The molecule has 1 atom stereocenters. The van der Waals surface area contributed by atoms with E-state index < -0.39 is 0 Å². The minimum atomic E-state index is -0.185. The van der Waals surface area contributed by atoms with Gasteiger partial charge >= 0.3 is 0 Å². The molecule has 5 nitrogen and oxygen atoms in total. The maximum atomic E-state index is 12.4. The SMILES string of the molecule is Cc1noc(C)c1Cc1ccc(C(=O)N[C@@H](C)CCc2ccccc2)o1. The molecule has 0 saturated carbocycles. The molecular weight excluding hydrogens is 328 g/mol. The van der Waals surface area contributed by atoms with Crippen LogP contribution in [0.1, 0.15) is 52.2 Å². The number of aromatic nitrogens is 1. The van der Waals surface area contributed by atoms with Gasteiger partial charge in [-0.1, -0.05) is 35.5 Å². The fraction of sp³-hybridized carbons (Fsp3) is 0.333. The first-order chi connectivity index (χ1) is 12.5. The van der Waals surface area contributed by atoms with Crippen LogP contribution in [0.2, 0.25) is 0 Å². The topological polar surface area (TPSA) is 68.3 Å². The quantitative estimate of drug-likeness (QED) is 0.691. The Morgan fingerprint density at radius 3 is 2.62 bits per heavy atom. The third kappa shape index (κ3) is 4.42. The smallest absolute Gasteiger partial charge is 0.287 e. The van der Waals surface area contributed by atoms with E-state index in [0.29, 0.717) is 12.2 Å². The van der Waals surface area contributed by atoms with E-state index in [0.717, 1.165) is 35.6 Å². The van der Waals surface area contributed by atoms with Gasteiger partial charge in [-0.2, -0.15) is 0 Å². The van der Waals surface area contributed by atoms with Gasteiger partial charge in [-0.15, -0.1) is 0 Å². The minimum Gasteiger partial charge on any atom is -0.456 e. The molecular formula is C21H24N2O3. The molecule has 0 fully saturated rings. The number of nitrogens with one attached hydrogen (secondary N) is 1. The largest absolute Gasteiger partial charge is 0.456 e. The Bertz CT molecular complexity index is 845. The molecule has 3 rings (SSSR count). The highest BCUT2D eigenvalue weighted by Crippen LogP contribution is 2.19. The first-order valence-corrected chi connectivity index (χ1v) is 8.88. The van der Waals surface area contributed by atoms with E-state index in [-0.39, 0.29) is 11.9 Å². The number of aryl methyl sites for hydroxylation is 3. The average Bonchev–Trinajstić information content (AvgIpc) is 3.23. The molecule has 0 aliphatic heterocycles. The molecule has 5 heteroatoms. The highest BCUT2D eigenvalue weighted by molar-refractivity contribution is 5.91. The molecule has 2 aromatic heterocycles. The summed E-state index contributed by atoms with van der Waals surface area (Å²) < 4.78 is 10.9. The Hall–Kier alpha value is -2.82. The lowest BCUT2D eigenvalue weighted by molar-refractivity contribution is 0.0909. The molecule has 0 radical (unpaired) electrons. The zero-order valence-electron chi connectivity index (χ0n) is 15.4. The molecule has 2 heterocycles. The highest BCUT2D eigenvalue weighted by Gasteiger charge is 2.16. The second kappa shape index (κ2) is 8.04. The van der Waals surface area contributed by atoms with Gasteiger partial charge in [0, 0.05) is 18.0 Å². The molecule has 1 N–H and O–H groups in total. The Labute approximate surface area is 153 Å². The lowest BCUT2D eigenvalue weighted by Crippen LogP contribution is -2.32. The van der Waals surface area contributed by atoms with Crippen LogP contribution in [0.15, 0.2) is 51.4 Å². The second-order valence-corrected chi connectivity index (χ2v) is 6.64. The van der Waals surface area contributed by atoms with Crippen molar-refractivity contribution in [1.29, 1.82) is 0 Å². The minimum absolute atomic E-state index is 0.0684. The van der Waals surface area contributed by atoms with Crippen LogP contribution in [0.25, 0.3) is 0 Å². The van der Waals surface area contributed by atoms with E-state index >= 15 is 0 Å². The van der Waals surface area contributed by atoms with Crippen LogP contribution >= 0.6 is 0 Å². The molecule has 136 valence electrons. The number of carbonyl (C=O) groups excluding carboxylic acids is 1. The fourth-order valence-electron chi connectivity index (χ4n) is 2.92. The van der Waals surface area contributed by atoms with E-state index in [2.05, 4.69) is 22.6 Å². The molecule has 0 aliphatic carbocycles. The Morgan fingerprint density at radius 1 is 1.15 bits per heavy atom. The number of benzene rings is 1. The lowest BCUT2D eigenvalue weighted by Gasteiger charge is -2.12. The van der Waals surface area contributed by atoms with Crippen LogP contribution in [0.5, 0.6) is 0 Å². The molecule has 3 aromatic rings. The van der Waals surface area contributed by atoms with Crippen molar-refractivity contribution in [3.8, 4) is 0 Å². The van der Waals surface area contributed by atoms with Crippen molar-refractivity contribution in [2.24, 2.45) is 0 Å². The fourth-order valence-corrected chi connectivity index (χ4v) is 2.92. The summed E-state index contributed by atoms with van der Waals surface area (Å²) in [6, 6.07) is 13.9. The van der Waals surface area contributed by atoms with Crippen molar-refractivity contribution >= 4 is 5.91 Å². The maximum absolute atomic E-state index is 12.4. The summed E-state index contributed by atoms with van der Waals surface area (Å²) >= 11 is 0. The lowest BCUT2D eigenvalue weighted by atomic mass is 10.1. The molecule has 1 amide bonds. The van der Waals surface area contributed by atoms with Crippen LogP contribution < -0.4 is 5.32 Å². The first kappa shape index (κ1) is 18.0. The van der Waals surface area contributed by atoms with Crippen molar-refractivity contribution in [3.05, 3.63) is 76.6 Å². The predicted molar refractivity (Wildman–Crippen MR) is 99.2 cm³/mol. The number of hydrogen-bond donors (Lipinski definition) is 1. The van der Waals surface area contributed by atoms with Crippen molar-refractivity contribution in [3.63, 3.8) is 0 Å². The van der Waals surface area contributed by atoms with Gasteiger partial charge < -0.3 is 14.3 Å². The van der Waals surface area contributed by atoms with E-state index in [9.17, 15) is 4.79 Å². The van der Waals surface area contributed by atoms with Crippen LogP contribution in [0.4, 0.5) is 0 Å². The number of carbonyl (C=O) groups is 1. The molecule has 1 aromatic carbocycles. The summed E-state index contributed by atoms with van der Waals surface area (Å²) in [6.07, 6.45) is 2.37. The number of furan rings is 1. The second-order valence-electron chi connectivity index (χ2n) is 6.64. The zero-order valence-corrected chi connectivity index (χ0v) is 15.4. The predicted octanol–water partition coefficient (Wildman–Crippen LogP) is 4.23. The van der Waals surface area contributed by atoms with Gasteiger partial charge in [0.25, 0.3) is 5.91 Å². The Kier molecular flexibility index (Phi) is 5.56. The normalized spacial score (nSPS) is 12.1. The maximum Gasteiger partial charge on any atom is 0.287 e. The van der Waals surface area contributed by atoms with Crippen LogP contribution in [0, 0.1) is 13.8 Å². The van der Waals surface area contributed by atoms with Gasteiger partial charge in [0.15, 0.2) is 5.76 Å². The zero-order chi connectivity index (χ0) is 18.5. The molecule has 0 bridgehead atoms. The molecule has 0 aliphatic rings. The van der Waals surface area contributed by atoms with Gasteiger partial charge in [-0.25, -0.2) is 0 Å². The highest BCUT2D eigenvalue weighted by atomic mass is 16.5. The summed E-state index contributed by atoms with van der Waals surface area (Å²) in [6.45, 7) is 5.78. The van der Waals surface area contributed by atoms with Crippen LogP contribution in [-0.2, 0) is 12.8 Å². The monoisotopic (exact) mass is 352 g/mol. The summed E-state index contributed by atoms with van der Waals surface area (Å²) in [7, 11) is 0. The van der Waals surface area contributed by atoms with Gasteiger partial charge in [0.1, 0.15) is 11.5 Å². The summed E-state index contributed by atoms with van der Waals surface area (Å²) in [5.74, 6) is 1.65. The van der Waals surface area contributed by atoms with E-state index in [1.165, 1.54) is 5.56 Å². The van der Waals surface area contributed by atoms with Crippen LogP contribution in [-0.4, -0.2) is 17.1 Å². The van der Waals surface area contributed by atoms with Crippen molar-refractivity contribution < 1.29 is 13.7 Å². The standard InChI is InChI=1S/C21H24N2O3/c1-14(9-10-17-7-5-4-6-8-17)22-21(24)20-12-11-18(25-20)13-19-15(2)23-26-16(19)3/h4-8,11-12,14H,9-10,13H2,1-3H3,(H,22,24)/t14-/m0/s1. The van der Waals surface area contributed by atoms with Crippen molar-refractivity contribution in [2.45, 2.75) is 46.1 Å². The number of rotatable bonds is 7. The summed E-state index contributed by atoms with van der Waals surface area (Å²) in [4.78, 5) is 12.4. The number of nitrogens with zero attached hydrogens (tertiary/aromatic N) is 1. The van der Waals surface area contributed by atoms with Gasteiger partial charge in [-0.3, -0.25) is 4.79 Å². The third-order valence-corrected chi connectivity index (χ3v) is 4.50. The van der Waals surface area contributed by atoms with E-state index in [1.807, 2.05) is 45.0 Å². The first-order valence-electron chi connectivity index (χ1n) is 8.88. The number of hydrogen-bond acceptors (Lipinski definition) is 4. The summed E-state index contributed by atoms with van der Waals surface area (Å²) in [5, 5.41) is 6.94. The van der Waals surface area contributed by atoms with E-state index in [1.54, 1.807) is 6.07 Å². The van der Waals surface area contributed by atoms with Gasteiger partial charge in [-0.05, 0) is 51.3 Å². The van der Waals surface area contributed by atoms with Gasteiger partial charge in [0.2, 0.25) is 0 Å². The number of amides is 1. The van der Waals surface area contributed by atoms with Crippen LogP contribution in [0.3, 0.4) is 0 Å². The van der Waals surface area contributed by atoms with Crippen molar-refractivity contribution in [1.82, 2.24) is 10.5 Å². The van der Waals surface area contributed by atoms with Gasteiger partial charge in [0.05, 0.1) is 5.69 Å². The average molecular weight is 352 g/mol.